The molecular formula is C46H60FNO10. The van der Waals surface area contributed by atoms with Crippen molar-refractivity contribution in [3.63, 3.8) is 0 Å². The highest BCUT2D eigenvalue weighted by molar-refractivity contribution is 6.02. The van der Waals surface area contributed by atoms with Gasteiger partial charge < -0.3 is 30.9 Å². The van der Waals surface area contributed by atoms with E-state index in [-0.39, 0.29) is 61.4 Å². The summed E-state index contributed by atoms with van der Waals surface area (Å²) in [6.45, 7) is 8.27. The van der Waals surface area contributed by atoms with Crippen LogP contribution >= 0.6 is 0 Å². The number of hydrogen-bond donors (Lipinski definition) is 5. The van der Waals surface area contributed by atoms with Crippen LogP contribution < -0.4 is 5.73 Å². The third kappa shape index (κ3) is 5.29. The van der Waals surface area contributed by atoms with Crippen molar-refractivity contribution in [2.45, 2.75) is 140 Å². The van der Waals surface area contributed by atoms with Crippen LogP contribution in [0, 0.1) is 57.2 Å². The second kappa shape index (κ2) is 13.4. The van der Waals surface area contributed by atoms with Crippen LogP contribution in [0.15, 0.2) is 47.6 Å². The first-order valence-corrected chi connectivity index (χ1v) is 21.4. The van der Waals surface area contributed by atoms with Crippen LogP contribution in [-0.4, -0.2) is 91.3 Å². The second-order valence-corrected chi connectivity index (χ2v) is 20.4. The fourth-order valence-corrected chi connectivity index (χ4v) is 14.9. The summed E-state index contributed by atoms with van der Waals surface area (Å²) in [6, 6.07) is -1.31. The van der Waals surface area contributed by atoms with Gasteiger partial charge in [-0.25, -0.2) is 4.39 Å². The molecule has 11 nitrogen and oxygen atoms in total. The Labute approximate surface area is 339 Å². The molecule has 316 valence electrons. The van der Waals surface area contributed by atoms with Crippen molar-refractivity contribution < 1.29 is 53.5 Å². The van der Waals surface area contributed by atoms with Gasteiger partial charge in [0.05, 0.1) is 12.2 Å². The number of esters is 1. The van der Waals surface area contributed by atoms with Crippen LogP contribution in [0.2, 0.25) is 0 Å². The molecule has 0 aromatic rings. The number of ketones is 4. The number of rotatable bonds is 8. The molecule has 8 rings (SSSR count). The molecule has 0 saturated heterocycles. The number of allylic oxidation sites excluding steroid dienone is 8. The molecule has 6 fully saturated rings. The summed E-state index contributed by atoms with van der Waals surface area (Å²) in [5, 5.41) is 47.7. The Bertz CT molecular complexity index is 1970. The minimum atomic E-state index is -2.13. The first-order valence-electron chi connectivity index (χ1n) is 21.4. The molecule has 58 heavy (non-hydrogen) atoms. The first-order chi connectivity index (χ1) is 27.0. The van der Waals surface area contributed by atoms with Crippen molar-refractivity contribution in [3.8, 4) is 0 Å². The molecule has 12 heteroatoms. The number of aliphatic hydroxyl groups excluding tert-OH is 2. The number of nitrogens with two attached hydrogens (primary N) is 1. The van der Waals surface area contributed by atoms with Crippen molar-refractivity contribution in [1.82, 2.24) is 0 Å². The Morgan fingerprint density at radius 1 is 0.879 bits per heavy atom. The van der Waals surface area contributed by atoms with E-state index in [9.17, 15) is 44.4 Å². The van der Waals surface area contributed by atoms with Gasteiger partial charge >= 0.3 is 5.97 Å². The van der Waals surface area contributed by atoms with Gasteiger partial charge in [-0.2, -0.15) is 0 Å². The lowest BCUT2D eigenvalue weighted by Crippen LogP contribution is -2.69. The lowest BCUT2D eigenvalue weighted by Gasteiger charge is -2.62. The lowest BCUT2D eigenvalue weighted by molar-refractivity contribution is -0.220. The van der Waals surface area contributed by atoms with Crippen LogP contribution in [0.4, 0.5) is 4.39 Å². The second-order valence-electron chi connectivity index (χ2n) is 20.4. The van der Waals surface area contributed by atoms with Crippen LogP contribution in [-0.2, 0) is 28.7 Å². The topological polar surface area (TPSA) is 202 Å². The van der Waals surface area contributed by atoms with Gasteiger partial charge in [-0.15, -0.1) is 0 Å². The highest BCUT2D eigenvalue weighted by Gasteiger charge is 2.76. The maximum absolute atomic E-state index is 17.5. The van der Waals surface area contributed by atoms with Gasteiger partial charge in [0.25, 0.3) is 0 Å². The lowest BCUT2D eigenvalue weighted by atomic mass is 9.44. The van der Waals surface area contributed by atoms with Gasteiger partial charge in [0.1, 0.15) is 17.2 Å². The van der Waals surface area contributed by atoms with Crippen molar-refractivity contribution in [3.05, 3.63) is 47.6 Å². The largest absolute Gasteiger partial charge is 0.456 e. The summed E-state index contributed by atoms with van der Waals surface area (Å²) >= 11 is 0. The normalized spacial score (nSPS) is 49.3. The SMILES string of the molecule is C[C@@H]1CC2C3CCC4=CC(=O)C=C[C@]4(C)[C@@]3(F)[C@@H](O)C[C@]2(C)[C@@]1(O)C(=O)COC(=O)C(N)CCC(=O)[C@@]1(O)CCC2C3CCC4=CC(=O)C=C[C@]4(C)C3[C@@H](O)C[C@@]21C. The van der Waals surface area contributed by atoms with Crippen LogP contribution in [0.3, 0.4) is 0 Å². The van der Waals surface area contributed by atoms with E-state index >= 15 is 4.39 Å². The first kappa shape index (κ1) is 41.6. The zero-order valence-electron chi connectivity index (χ0n) is 34.3. The molecule has 0 aromatic heterocycles. The van der Waals surface area contributed by atoms with Gasteiger partial charge in [0, 0.05) is 39.9 Å². The standard InChI is InChI=1S/C46H60FNO10/c1-24-18-32-31-9-7-26-20-28(50)13-16-41(26,3)45(31,47)36(53)22-43(32,5)46(24,57)37(54)23-58-39(55)33(48)10-11-35(52)44(56)17-14-30-29-8-6-25-19-27(49)12-15-40(25,2)38(29)34(51)21-42(30,44)4/h12-13,15-16,19-20,24,29-34,36,38,51,53,56-57H,6-11,14,17-18,21-23,48H2,1-5H3/t24-,29?,30?,31?,32?,33?,34+,36+,38?,40+,41+,42+,43+,44+,45+,46+/m1/s1. The van der Waals surface area contributed by atoms with Gasteiger partial charge in [-0.05, 0) is 119 Å². The van der Waals surface area contributed by atoms with E-state index in [4.69, 9.17) is 10.5 Å². The number of hydrogen-bond acceptors (Lipinski definition) is 11. The predicted octanol–water partition coefficient (Wildman–Crippen LogP) is 4.13. The van der Waals surface area contributed by atoms with E-state index < -0.39 is 98.7 Å². The van der Waals surface area contributed by atoms with Gasteiger partial charge in [0.2, 0.25) is 5.78 Å². The molecule has 0 amide bonds. The molecule has 16 atom stereocenters. The number of carbonyl (C=O) groups is 5. The highest BCUT2D eigenvalue weighted by Crippen LogP contribution is 2.71. The molecule has 6 N–H and O–H groups in total. The van der Waals surface area contributed by atoms with Crippen LogP contribution in [0.5, 0.6) is 0 Å². The number of carbonyl (C=O) groups excluding carboxylic acids is 5. The van der Waals surface area contributed by atoms with Crippen LogP contribution in [0.25, 0.3) is 0 Å². The summed E-state index contributed by atoms with van der Waals surface area (Å²) in [4.78, 5) is 65.5. The minimum absolute atomic E-state index is 0.0358. The molecular weight excluding hydrogens is 746 g/mol. The van der Waals surface area contributed by atoms with Crippen LogP contribution in [0.1, 0.15) is 105 Å². The molecule has 0 aromatic carbocycles. The quantitative estimate of drug-likeness (QED) is 0.221. The number of aliphatic hydroxyl groups is 4. The molecule has 6 saturated carbocycles. The zero-order valence-corrected chi connectivity index (χ0v) is 34.3. The molecule has 6 unspecified atom stereocenters. The Morgan fingerprint density at radius 3 is 2.24 bits per heavy atom. The average molecular weight is 806 g/mol. The smallest absolute Gasteiger partial charge is 0.323 e. The van der Waals surface area contributed by atoms with Crippen molar-refractivity contribution in [2.24, 2.45) is 62.9 Å². The highest BCUT2D eigenvalue weighted by atomic mass is 19.1. The molecule has 8 aliphatic carbocycles. The average Bonchev–Trinajstić information content (AvgIpc) is 3.55. The third-order valence-corrected chi connectivity index (χ3v) is 18.1. The van der Waals surface area contributed by atoms with E-state index in [0.717, 1.165) is 12.0 Å². The third-order valence-electron chi connectivity index (χ3n) is 18.1. The Kier molecular flexibility index (Phi) is 9.62. The summed E-state index contributed by atoms with van der Waals surface area (Å²) in [6.07, 6.45) is 10.1. The predicted molar refractivity (Wildman–Crippen MR) is 209 cm³/mol. The number of ether oxygens (including phenoxy) is 1. The van der Waals surface area contributed by atoms with E-state index in [1.807, 2.05) is 13.0 Å². The molecule has 8 aliphatic rings. The van der Waals surface area contributed by atoms with E-state index in [1.165, 1.54) is 12.2 Å². The fraction of sp³-hybridized carbons (Fsp3) is 0.717. The van der Waals surface area contributed by atoms with Crippen molar-refractivity contribution >= 4 is 29.1 Å². The Balaban J connectivity index is 0.904. The maximum atomic E-state index is 17.5. The molecule has 0 radical (unpaired) electrons. The van der Waals surface area contributed by atoms with Crippen molar-refractivity contribution in [1.29, 1.82) is 0 Å². The zero-order chi connectivity index (χ0) is 42.2. The molecule has 0 aliphatic heterocycles. The van der Waals surface area contributed by atoms with E-state index in [1.54, 1.807) is 39.0 Å². The maximum Gasteiger partial charge on any atom is 0.323 e. The number of Topliss-reactive ketones (excluding diaryl/α,β-unsaturated/α-hetero) is 2. The minimum Gasteiger partial charge on any atom is -0.456 e. The molecule has 0 heterocycles. The monoisotopic (exact) mass is 805 g/mol. The number of alkyl halides is 1. The summed E-state index contributed by atoms with van der Waals surface area (Å²) < 4.78 is 22.9. The van der Waals surface area contributed by atoms with Gasteiger partial charge in [-0.3, -0.25) is 24.0 Å². The number of fused-ring (bicyclic) bond motifs is 10. The summed E-state index contributed by atoms with van der Waals surface area (Å²) in [5.74, 6) is -4.44. The Hall–Kier alpha value is -3.16. The van der Waals surface area contributed by atoms with Crippen molar-refractivity contribution in [2.75, 3.05) is 6.61 Å². The summed E-state index contributed by atoms with van der Waals surface area (Å²) in [5.41, 5.74) is -1.90. The summed E-state index contributed by atoms with van der Waals surface area (Å²) in [7, 11) is 0. The van der Waals surface area contributed by atoms with E-state index in [0.29, 0.717) is 37.7 Å². The molecule has 0 bridgehead atoms. The Morgan fingerprint density at radius 2 is 1.53 bits per heavy atom. The van der Waals surface area contributed by atoms with E-state index in [2.05, 4.69) is 6.92 Å². The van der Waals surface area contributed by atoms with Gasteiger partial charge in [0.15, 0.2) is 29.6 Å². The number of halogens is 1. The van der Waals surface area contributed by atoms with Gasteiger partial charge in [-0.1, -0.05) is 51.0 Å². The fourth-order valence-electron chi connectivity index (χ4n) is 14.9. The molecule has 0 spiro atoms.